The summed E-state index contributed by atoms with van der Waals surface area (Å²) < 4.78 is 0. The molecule has 0 aliphatic carbocycles. The number of likely N-dealkylation sites (tertiary alicyclic amines) is 1. The third-order valence-corrected chi connectivity index (χ3v) is 2.30. The van der Waals surface area contributed by atoms with E-state index >= 15 is 0 Å². The third-order valence-electron chi connectivity index (χ3n) is 2.30. The second-order valence-electron chi connectivity index (χ2n) is 3.23. The molecular formula is C8H15NO5. The predicted octanol–water partition coefficient (Wildman–Crippen LogP) is -2.22. The highest BCUT2D eigenvalue weighted by atomic mass is 16.4. The molecule has 3 atom stereocenters. The van der Waals surface area contributed by atoms with Gasteiger partial charge in [0.2, 0.25) is 0 Å². The zero-order chi connectivity index (χ0) is 10.7. The number of β-amino-alcohol motifs (C(OH)–C–C–N with tert-alkyl or cyclic N) is 2. The molecule has 14 heavy (non-hydrogen) atoms. The highest BCUT2D eigenvalue weighted by Gasteiger charge is 2.36. The van der Waals surface area contributed by atoms with Gasteiger partial charge in [0, 0.05) is 13.1 Å². The fraction of sp³-hybridized carbons (Fsp3) is 0.750. The fourth-order valence-electron chi connectivity index (χ4n) is 1.51. The molecule has 0 aromatic carbocycles. The van der Waals surface area contributed by atoms with Crippen LogP contribution in [-0.2, 0) is 0 Å². The van der Waals surface area contributed by atoms with Gasteiger partial charge in [0.25, 0.3) is 0 Å². The van der Waals surface area contributed by atoms with Gasteiger partial charge >= 0.3 is 0 Å². The normalized spacial score (nSPS) is 36.4. The molecule has 1 fully saturated rings. The molecule has 1 heterocycles. The van der Waals surface area contributed by atoms with Crippen LogP contribution >= 0.6 is 0 Å². The maximum Gasteiger partial charge on any atom is 0.125 e. The lowest BCUT2D eigenvalue weighted by atomic mass is 9.99. The Labute approximate surface area is 81.3 Å². The first kappa shape index (κ1) is 11.3. The van der Waals surface area contributed by atoms with Gasteiger partial charge in [0.05, 0.1) is 12.3 Å². The van der Waals surface area contributed by atoms with Gasteiger partial charge < -0.3 is 30.4 Å². The lowest BCUT2D eigenvalue weighted by Gasteiger charge is -2.39. The topological polar surface area (TPSA) is 104 Å². The van der Waals surface area contributed by atoms with E-state index < -0.39 is 18.3 Å². The Hall–Kier alpha value is -0.820. The first-order chi connectivity index (χ1) is 6.61. The van der Waals surface area contributed by atoms with Crippen molar-refractivity contribution in [2.24, 2.45) is 0 Å². The summed E-state index contributed by atoms with van der Waals surface area (Å²) in [6, 6.07) is 0. The molecule has 1 aliphatic rings. The minimum absolute atomic E-state index is 0.0746. The number of aliphatic hydroxyl groups is 5. The summed E-state index contributed by atoms with van der Waals surface area (Å²) in [5.74, 6) is 0. The predicted molar refractivity (Wildman–Crippen MR) is 47.4 cm³/mol. The lowest BCUT2D eigenvalue weighted by Crippen LogP contribution is -2.54. The molecule has 1 rings (SSSR count). The summed E-state index contributed by atoms with van der Waals surface area (Å²) in [6.07, 6.45) is -3.03. The van der Waals surface area contributed by atoms with Crippen LogP contribution in [0, 0.1) is 0 Å². The third kappa shape index (κ3) is 1.98. The van der Waals surface area contributed by atoms with Crippen LogP contribution in [0.5, 0.6) is 0 Å². The van der Waals surface area contributed by atoms with E-state index in [4.69, 9.17) is 10.2 Å². The van der Waals surface area contributed by atoms with Crippen molar-refractivity contribution in [3.8, 4) is 0 Å². The Bertz CT molecular complexity index is 220. The van der Waals surface area contributed by atoms with Gasteiger partial charge in [-0.2, -0.15) is 0 Å². The highest BCUT2D eigenvalue weighted by Crippen LogP contribution is 2.21. The van der Waals surface area contributed by atoms with Crippen LogP contribution in [0.25, 0.3) is 0 Å². The maximum atomic E-state index is 9.44. The summed E-state index contributed by atoms with van der Waals surface area (Å²) >= 11 is 0. The Kier molecular flexibility index (Phi) is 3.70. The van der Waals surface area contributed by atoms with Crippen LogP contribution < -0.4 is 0 Å². The van der Waals surface area contributed by atoms with Crippen molar-refractivity contribution in [2.45, 2.75) is 18.3 Å². The van der Waals surface area contributed by atoms with Crippen molar-refractivity contribution in [2.75, 3.05) is 19.7 Å². The zero-order valence-corrected chi connectivity index (χ0v) is 7.61. The van der Waals surface area contributed by atoms with E-state index in [1.807, 2.05) is 0 Å². The van der Waals surface area contributed by atoms with Crippen molar-refractivity contribution in [3.05, 3.63) is 12.0 Å². The van der Waals surface area contributed by atoms with Crippen molar-refractivity contribution in [1.82, 2.24) is 4.90 Å². The number of hydrogen-bond donors (Lipinski definition) is 5. The first-order valence-corrected chi connectivity index (χ1v) is 4.36. The average molecular weight is 205 g/mol. The molecule has 1 aliphatic heterocycles. The van der Waals surface area contributed by atoms with Gasteiger partial charge in [0.15, 0.2) is 0 Å². The number of aliphatic hydroxyl groups excluding tert-OH is 5. The Morgan fingerprint density at radius 1 is 1.36 bits per heavy atom. The molecule has 0 aromatic rings. The van der Waals surface area contributed by atoms with Crippen molar-refractivity contribution < 1.29 is 25.5 Å². The molecule has 0 spiro atoms. The molecule has 6 heteroatoms. The smallest absolute Gasteiger partial charge is 0.125 e. The number of rotatable bonds is 2. The molecule has 5 N–H and O–H groups in total. The number of hydrogen-bond acceptors (Lipinski definition) is 6. The summed E-state index contributed by atoms with van der Waals surface area (Å²) in [5.41, 5.74) is 0.108. The molecule has 0 unspecified atom stereocenters. The molecule has 82 valence electrons. The monoisotopic (exact) mass is 205 g/mol. The number of piperidine rings is 1. The summed E-state index contributed by atoms with van der Waals surface area (Å²) in [7, 11) is 0. The maximum absolute atomic E-state index is 9.44. The Balaban J connectivity index is 2.77. The van der Waals surface area contributed by atoms with Crippen LogP contribution in [0.4, 0.5) is 0 Å². The second kappa shape index (κ2) is 4.61. The van der Waals surface area contributed by atoms with Crippen LogP contribution in [0.15, 0.2) is 12.0 Å². The van der Waals surface area contributed by atoms with E-state index in [-0.39, 0.29) is 25.4 Å². The average Bonchev–Trinajstić information content (AvgIpc) is 2.16. The molecule has 0 aromatic heterocycles. The summed E-state index contributed by atoms with van der Waals surface area (Å²) in [5, 5.41) is 45.6. The van der Waals surface area contributed by atoms with Gasteiger partial charge in [-0.1, -0.05) is 0 Å². The van der Waals surface area contributed by atoms with E-state index in [0.29, 0.717) is 6.26 Å². The van der Waals surface area contributed by atoms with Crippen LogP contribution in [0.3, 0.4) is 0 Å². The number of nitrogens with zero attached hydrogens (tertiary/aromatic N) is 1. The second-order valence-corrected chi connectivity index (χ2v) is 3.23. The van der Waals surface area contributed by atoms with Crippen LogP contribution in [0.1, 0.15) is 0 Å². The molecule has 0 bridgehead atoms. The van der Waals surface area contributed by atoms with Gasteiger partial charge in [0.1, 0.15) is 24.6 Å². The Morgan fingerprint density at radius 3 is 2.50 bits per heavy atom. The van der Waals surface area contributed by atoms with E-state index in [1.165, 1.54) is 4.90 Å². The van der Waals surface area contributed by atoms with Crippen LogP contribution in [-0.4, -0.2) is 68.4 Å². The molecule has 0 saturated carbocycles. The Morgan fingerprint density at radius 2 is 2.00 bits per heavy atom. The lowest BCUT2D eigenvalue weighted by molar-refractivity contribution is -0.0898. The molecule has 0 amide bonds. The zero-order valence-electron chi connectivity index (χ0n) is 7.61. The van der Waals surface area contributed by atoms with E-state index in [9.17, 15) is 15.3 Å². The summed E-state index contributed by atoms with van der Waals surface area (Å²) in [6.45, 7) is 0.102. The van der Waals surface area contributed by atoms with Gasteiger partial charge in [-0.15, -0.1) is 0 Å². The minimum atomic E-state index is -1.32. The van der Waals surface area contributed by atoms with Gasteiger partial charge in [-0.3, -0.25) is 0 Å². The van der Waals surface area contributed by atoms with Gasteiger partial charge in [-0.25, -0.2) is 0 Å². The molecule has 6 nitrogen and oxygen atoms in total. The standard InChI is InChI=1S/C8H15NO5/c10-2-1-9-3-6(12)8(14)7(13)5(9)4-11/h4,6-8,10-14H,1-3H2/b5-4+/t6-,7+,8+/m0/s1. The molecular weight excluding hydrogens is 190 g/mol. The quantitative estimate of drug-likeness (QED) is 0.327. The minimum Gasteiger partial charge on any atom is -0.514 e. The van der Waals surface area contributed by atoms with E-state index in [0.717, 1.165) is 0 Å². The van der Waals surface area contributed by atoms with Crippen molar-refractivity contribution in [1.29, 1.82) is 0 Å². The fourth-order valence-corrected chi connectivity index (χ4v) is 1.51. The van der Waals surface area contributed by atoms with E-state index in [1.54, 1.807) is 0 Å². The molecule has 1 saturated heterocycles. The highest BCUT2D eigenvalue weighted by molar-refractivity contribution is 5.12. The van der Waals surface area contributed by atoms with Crippen molar-refractivity contribution >= 4 is 0 Å². The van der Waals surface area contributed by atoms with Gasteiger partial charge in [-0.05, 0) is 0 Å². The van der Waals surface area contributed by atoms with Crippen molar-refractivity contribution in [3.63, 3.8) is 0 Å². The SMILES string of the molecule is O/C=C1\[C@@H](O)[C@H](O)[C@@H](O)CN1CCO. The summed E-state index contributed by atoms with van der Waals surface area (Å²) in [4.78, 5) is 1.42. The molecule has 0 radical (unpaired) electrons. The largest absolute Gasteiger partial charge is 0.514 e. The van der Waals surface area contributed by atoms with Crippen LogP contribution in [0.2, 0.25) is 0 Å². The van der Waals surface area contributed by atoms with E-state index in [2.05, 4.69) is 0 Å². The first-order valence-electron chi connectivity index (χ1n) is 4.36.